The summed E-state index contributed by atoms with van der Waals surface area (Å²) in [5.74, 6) is -1.46. The number of hydrogen-bond donors (Lipinski definition) is 0. The van der Waals surface area contributed by atoms with Crippen LogP contribution in [-0.2, 0) is 6.42 Å². The average molecular weight is 436 g/mol. The highest BCUT2D eigenvalue weighted by atomic mass is 35.5. The van der Waals surface area contributed by atoms with Crippen molar-refractivity contribution in [2.24, 2.45) is 0 Å². The molecule has 1 aliphatic heterocycles. The third kappa shape index (κ3) is 3.20. The van der Waals surface area contributed by atoms with Gasteiger partial charge < -0.3 is 4.90 Å². The number of amides is 1. The Kier molecular flexibility index (Phi) is 5.09. The van der Waals surface area contributed by atoms with Gasteiger partial charge in [0.05, 0.1) is 16.8 Å². The molecule has 0 saturated carbocycles. The van der Waals surface area contributed by atoms with Gasteiger partial charge in [-0.05, 0) is 38.0 Å². The maximum Gasteiger partial charge on any atom is 0.279 e. The summed E-state index contributed by atoms with van der Waals surface area (Å²) in [6, 6.07) is 9.09. The van der Waals surface area contributed by atoms with Crippen LogP contribution in [0.1, 0.15) is 40.1 Å². The third-order valence-corrected chi connectivity index (χ3v) is 5.93. The van der Waals surface area contributed by atoms with Crippen LogP contribution < -0.4 is 4.90 Å². The number of hydrogen-bond acceptors (Lipinski definition) is 2. The Labute approximate surface area is 176 Å². The molecule has 2 aromatic carbocycles. The first kappa shape index (κ1) is 19.9. The molecule has 0 bridgehead atoms. The van der Waals surface area contributed by atoms with Crippen molar-refractivity contribution < 1.29 is 13.6 Å². The van der Waals surface area contributed by atoms with Crippen molar-refractivity contribution in [2.45, 2.75) is 26.3 Å². The third-order valence-electron chi connectivity index (χ3n) is 5.24. The van der Waals surface area contributed by atoms with Crippen LogP contribution in [0, 0.1) is 18.6 Å². The molecule has 4 rings (SSSR count). The van der Waals surface area contributed by atoms with Crippen LogP contribution >= 0.6 is 23.2 Å². The van der Waals surface area contributed by atoms with Gasteiger partial charge in [-0.15, -0.1) is 0 Å². The van der Waals surface area contributed by atoms with Crippen molar-refractivity contribution >= 4 is 34.8 Å². The summed E-state index contributed by atoms with van der Waals surface area (Å²) >= 11 is 12.4. The van der Waals surface area contributed by atoms with Crippen LogP contribution in [0.25, 0.3) is 0 Å². The largest absolute Gasteiger partial charge is 0.304 e. The molecule has 4 nitrogen and oxygen atoms in total. The maximum atomic E-state index is 14.6. The summed E-state index contributed by atoms with van der Waals surface area (Å²) in [5.41, 5.74) is 1.76. The van der Waals surface area contributed by atoms with Crippen molar-refractivity contribution in [1.82, 2.24) is 9.78 Å². The van der Waals surface area contributed by atoms with Gasteiger partial charge in [0.1, 0.15) is 11.0 Å². The van der Waals surface area contributed by atoms with Crippen LogP contribution in [0.3, 0.4) is 0 Å². The average Bonchev–Trinajstić information content (AvgIpc) is 3.04. The Morgan fingerprint density at radius 3 is 2.59 bits per heavy atom. The number of benzene rings is 2. The molecular weight excluding hydrogens is 419 g/mol. The smallest absolute Gasteiger partial charge is 0.279 e. The zero-order valence-electron chi connectivity index (χ0n) is 15.7. The van der Waals surface area contributed by atoms with Crippen molar-refractivity contribution in [3.63, 3.8) is 0 Å². The predicted molar refractivity (Wildman–Crippen MR) is 109 cm³/mol. The van der Waals surface area contributed by atoms with Crippen LogP contribution in [0.2, 0.25) is 10.2 Å². The van der Waals surface area contributed by atoms with E-state index in [4.69, 9.17) is 23.2 Å². The van der Waals surface area contributed by atoms with Gasteiger partial charge in [0.25, 0.3) is 5.91 Å². The summed E-state index contributed by atoms with van der Waals surface area (Å²) in [4.78, 5) is 14.3. The first-order chi connectivity index (χ1) is 13.8. The Morgan fingerprint density at radius 2 is 1.83 bits per heavy atom. The highest BCUT2D eigenvalue weighted by Gasteiger charge is 2.34. The number of carbonyl (C=O) groups is 1. The molecule has 0 unspecified atom stereocenters. The molecule has 0 radical (unpaired) electrons. The molecule has 2 heterocycles. The second-order valence-electron chi connectivity index (χ2n) is 7.00. The van der Waals surface area contributed by atoms with E-state index >= 15 is 0 Å². The number of halogens is 4. The molecule has 150 valence electrons. The summed E-state index contributed by atoms with van der Waals surface area (Å²) < 4.78 is 30.5. The van der Waals surface area contributed by atoms with Gasteiger partial charge in [-0.2, -0.15) is 5.10 Å². The molecule has 0 spiro atoms. The molecule has 1 amide bonds. The van der Waals surface area contributed by atoms with Crippen LogP contribution in [0.5, 0.6) is 0 Å². The standard InChI is InChI=1S/C21H17Cl2F2N3O/c1-11-5-3-6-13(17(11)24)12(2)28-20(23)14-9-10-27(21(29)19(14)26-28)16-8-4-7-15(22)18(16)25/h3-8,12H,9-10H2,1-2H3/t12-/m0/s1. The molecule has 0 N–H and O–H groups in total. The van der Waals surface area contributed by atoms with Gasteiger partial charge in [0, 0.05) is 17.7 Å². The van der Waals surface area contributed by atoms with E-state index in [1.807, 2.05) is 0 Å². The van der Waals surface area contributed by atoms with Gasteiger partial charge in [0.2, 0.25) is 0 Å². The molecule has 0 fully saturated rings. The van der Waals surface area contributed by atoms with E-state index in [1.54, 1.807) is 38.1 Å². The summed E-state index contributed by atoms with van der Waals surface area (Å²) in [7, 11) is 0. The molecule has 1 aromatic heterocycles. The van der Waals surface area contributed by atoms with E-state index in [2.05, 4.69) is 5.10 Å². The molecule has 1 atom stereocenters. The molecule has 1 aliphatic rings. The van der Waals surface area contributed by atoms with Crippen LogP contribution in [0.15, 0.2) is 36.4 Å². The lowest BCUT2D eigenvalue weighted by Crippen LogP contribution is -2.38. The molecule has 8 heteroatoms. The lowest BCUT2D eigenvalue weighted by Gasteiger charge is -2.26. The number of fused-ring (bicyclic) bond motifs is 1. The molecule has 0 saturated heterocycles. The van der Waals surface area contributed by atoms with Gasteiger partial charge in [0.15, 0.2) is 11.5 Å². The number of rotatable bonds is 3. The number of aryl methyl sites for hydroxylation is 1. The summed E-state index contributed by atoms with van der Waals surface area (Å²) in [6.07, 6.45) is 0.398. The molecule has 0 aliphatic carbocycles. The van der Waals surface area contributed by atoms with E-state index in [1.165, 1.54) is 21.7 Å². The Hall–Kier alpha value is -2.44. The zero-order valence-corrected chi connectivity index (χ0v) is 17.2. The lowest BCUT2D eigenvalue weighted by molar-refractivity contribution is 0.0974. The SMILES string of the molecule is Cc1cccc([C@H](C)n2nc3c(c2Cl)CCN(c2cccc(Cl)c2F)C3=O)c1F. The maximum absolute atomic E-state index is 14.6. The predicted octanol–water partition coefficient (Wildman–Crippen LogP) is 5.59. The zero-order chi connectivity index (χ0) is 20.9. The Morgan fingerprint density at radius 1 is 1.10 bits per heavy atom. The van der Waals surface area contributed by atoms with Gasteiger partial charge in [-0.1, -0.05) is 47.5 Å². The van der Waals surface area contributed by atoms with E-state index < -0.39 is 17.8 Å². The van der Waals surface area contributed by atoms with Gasteiger partial charge in [-0.3, -0.25) is 4.79 Å². The first-order valence-electron chi connectivity index (χ1n) is 9.09. The fourth-order valence-corrected chi connectivity index (χ4v) is 4.14. The number of carbonyl (C=O) groups excluding carboxylic acids is 1. The minimum absolute atomic E-state index is 0.0618. The number of anilines is 1. The van der Waals surface area contributed by atoms with E-state index in [0.717, 1.165) is 0 Å². The van der Waals surface area contributed by atoms with Crippen molar-refractivity contribution in [2.75, 3.05) is 11.4 Å². The molecular formula is C21H17Cl2F2N3O. The fraction of sp³-hybridized carbons (Fsp3) is 0.238. The summed E-state index contributed by atoms with van der Waals surface area (Å²) in [5, 5.41) is 4.60. The quantitative estimate of drug-likeness (QED) is 0.537. The highest BCUT2D eigenvalue weighted by Crippen LogP contribution is 2.34. The summed E-state index contributed by atoms with van der Waals surface area (Å²) in [6.45, 7) is 3.69. The Balaban J connectivity index is 1.74. The van der Waals surface area contributed by atoms with E-state index in [9.17, 15) is 13.6 Å². The number of aromatic nitrogens is 2. The minimum Gasteiger partial charge on any atom is -0.304 e. The minimum atomic E-state index is -0.660. The van der Waals surface area contributed by atoms with Crippen molar-refractivity contribution in [3.05, 3.63) is 80.6 Å². The van der Waals surface area contributed by atoms with E-state index in [-0.39, 0.29) is 33.9 Å². The van der Waals surface area contributed by atoms with E-state index in [0.29, 0.717) is 23.1 Å². The fourth-order valence-electron chi connectivity index (χ4n) is 3.61. The normalized spacial score (nSPS) is 14.8. The van der Waals surface area contributed by atoms with Crippen molar-refractivity contribution in [1.29, 1.82) is 0 Å². The molecule has 29 heavy (non-hydrogen) atoms. The lowest BCUT2D eigenvalue weighted by atomic mass is 10.0. The number of nitrogens with zero attached hydrogens (tertiary/aromatic N) is 3. The van der Waals surface area contributed by atoms with Gasteiger partial charge in [-0.25, -0.2) is 13.5 Å². The second kappa shape index (κ2) is 7.43. The van der Waals surface area contributed by atoms with Gasteiger partial charge >= 0.3 is 0 Å². The monoisotopic (exact) mass is 435 g/mol. The first-order valence-corrected chi connectivity index (χ1v) is 9.84. The van der Waals surface area contributed by atoms with Crippen molar-refractivity contribution in [3.8, 4) is 0 Å². The van der Waals surface area contributed by atoms with Crippen LogP contribution in [-0.4, -0.2) is 22.2 Å². The topological polar surface area (TPSA) is 38.1 Å². The molecule has 3 aromatic rings. The Bertz CT molecular complexity index is 1130. The highest BCUT2D eigenvalue weighted by molar-refractivity contribution is 6.32. The second-order valence-corrected chi connectivity index (χ2v) is 7.76. The van der Waals surface area contributed by atoms with Crippen LogP contribution in [0.4, 0.5) is 14.5 Å².